The number of nitrogens with zero attached hydrogens (tertiary/aromatic N) is 1. The van der Waals surface area contributed by atoms with E-state index in [2.05, 4.69) is 29.3 Å². The molecule has 3 aliphatic rings. The highest BCUT2D eigenvalue weighted by Crippen LogP contribution is 2.37. The van der Waals surface area contributed by atoms with Crippen LogP contribution in [0, 0.1) is 12.8 Å². The molecular weight excluding hydrogens is 320 g/mol. The Bertz CT molecular complexity index is 720. The van der Waals surface area contributed by atoms with Crippen LogP contribution in [0.1, 0.15) is 17.7 Å². The topological polar surface area (TPSA) is 41.6 Å². The zero-order chi connectivity index (χ0) is 16.5. The monoisotopic (exact) mass is 342 g/mol. The number of benzene rings is 1. The minimum atomic E-state index is -0.330. The predicted molar refractivity (Wildman–Crippen MR) is 97.5 cm³/mol. The summed E-state index contributed by atoms with van der Waals surface area (Å²) in [5.41, 5.74) is 1.96. The van der Waals surface area contributed by atoms with Crippen LogP contribution in [0.5, 0.6) is 0 Å². The quantitative estimate of drug-likeness (QED) is 0.901. The van der Waals surface area contributed by atoms with Crippen molar-refractivity contribution in [3.8, 4) is 10.4 Å². The summed E-state index contributed by atoms with van der Waals surface area (Å²) >= 11 is 1.69. The Hall–Kier alpha value is -1.85. The summed E-state index contributed by atoms with van der Waals surface area (Å²) in [7, 11) is 0. The molecule has 126 valence electrons. The molecule has 0 aliphatic carbocycles. The first kappa shape index (κ1) is 15.7. The summed E-state index contributed by atoms with van der Waals surface area (Å²) in [4.78, 5) is 17.0. The van der Waals surface area contributed by atoms with Crippen LogP contribution in [0.25, 0.3) is 10.4 Å². The zero-order valence-corrected chi connectivity index (χ0v) is 14.6. The van der Waals surface area contributed by atoms with Gasteiger partial charge in [0.05, 0.1) is 10.6 Å². The van der Waals surface area contributed by atoms with Crippen molar-refractivity contribution in [2.75, 3.05) is 25.0 Å². The van der Waals surface area contributed by atoms with Crippen LogP contribution in [-0.2, 0) is 4.74 Å². The van der Waals surface area contributed by atoms with Crippen LogP contribution in [0.4, 0.5) is 10.5 Å². The lowest BCUT2D eigenvalue weighted by atomic mass is 9.86. The van der Waals surface area contributed by atoms with Crippen LogP contribution >= 0.6 is 11.3 Å². The van der Waals surface area contributed by atoms with Gasteiger partial charge in [0.2, 0.25) is 0 Å². The number of aryl methyl sites for hydroxylation is 1. The molecule has 4 nitrogen and oxygen atoms in total. The second-order valence-electron chi connectivity index (χ2n) is 6.67. The number of thiophene rings is 1. The van der Waals surface area contributed by atoms with E-state index in [1.807, 2.05) is 24.3 Å². The van der Waals surface area contributed by atoms with E-state index in [4.69, 9.17) is 4.74 Å². The van der Waals surface area contributed by atoms with Gasteiger partial charge in [-0.15, -0.1) is 11.3 Å². The van der Waals surface area contributed by atoms with Gasteiger partial charge in [-0.1, -0.05) is 30.3 Å². The Balaban J connectivity index is 1.46. The lowest BCUT2D eigenvalue weighted by Crippen LogP contribution is -2.52. The molecule has 2 aromatic rings. The normalized spacial score (nSPS) is 25.5. The molecule has 1 aromatic carbocycles. The summed E-state index contributed by atoms with van der Waals surface area (Å²) in [5.74, 6) is 0.526. The Morgan fingerprint density at radius 2 is 2.00 bits per heavy atom. The highest BCUT2D eigenvalue weighted by atomic mass is 32.1. The van der Waals surface area contributed by atoms with Crippen molar-refractivity contribution < 1.29 is 9.53 Å². The van der Waals surface area contributed by atoms with Crippen molar-refractivity contribution >= 4 is 23.1 Å². The number of amides is 1. The third-order valence-corrected chi connectivity index (χ3v) is 6.08. The van der Waals surface area contributed by atoms with E-state index in [-0.39, 0.29) is 12.2 Å². The Kier molecular flexibility index (Phi) is 4.29. The van der Waals surface area contributed by atoms with Gasteiger partial charge < -0.3 is 4.74 Å². The number of hydrogen-bond acceptors (Lipinski definition) is 4. The molecule has 3 saturated heterocycles. The number of ether oxygens (including phenoxy) is 1. The molecular formula is C19H22N2O2S. The average molecular weight is 342 g/mol. The molecule has 1 aromatic heterocycles. The van der Waals surface area contributed by atoms with Gasteiger partial charge in [-0.2, -0.15) is 0 Å². The van der Waals surface area contributed by atoms with Gasteiger partial charge >= 0.3 is 6.09 Å². The molecule has 0 saturated carbocycles. The molecule has 1 amide bonds. The Morgan fingerprint density at radius 3 is 2.67 bits per heavy atom. The molecule has 4 heterocycles. The molecule has 24 heavy (non-hydrogen) atoms. The predicted octanol–water partition coefficient (Wildman–Crippen LogP) is 4.37. The van der Waals surface area contributed by atoms with Gasteiger partial charge in [0.1, 0.15) is 6.10 Å². The minimum absolute atomic E-state index is 0.0346. The van der Waals surface area contributed by atoms with E-state index in [1.165, 1.54) is 4.88 Å². The van der Waals surface area contributed by atoms with Gasteiger partial charge in [-0.25, -0.2) is 4.79 Å². The van der Waals surface area contributed by atoms with Crippen LogP contribution in [0.2, 0.25) is 0 Å². The van der Waals surface area contributed by atoms with Crippen molar-refractivity contribution in [3.63, 3.8) is 0 Å². The van der Waals surface area contributed by atoms with Crippen molar-refractivity contribution in [1.82, 2.24) is 4.90 Å². The molecule has 3 aliphatic heterocycles. The number of fused-ring (bicyclic) bond motifs is 3. The number of nitrogens with one attached hydrogen (secondary N) is 1. The fraction of sp³-hybridized carbons (Fsp3) is 0.421. The standard InChI is InChI=1S/C19H22N2O2S/c1-13-11-16(18(24-13)15-5-3-2-4-6-15)20-19(22)23-17-12-21-9-7-14(17)8-10-21/h2-6,11,14,17H,7-10,12H2,1H3,(H,20,22). The van der Waals surface area contributed by atoms with Crippen LogP contribution in [0.3, 0.4) is 0 Å². The van der Waals surface area contributed by atoms with Gasteiger partial charge in [0, 0.05) is 11.4 Å². The van der Waals surface area contributed by atoms with Gasteiger partial charge in [-0.3, -0.25) is 10.2 Å². The van der Waals surface area contributed by atoms with Crippen molar-refractivity contribution in [1.29, 1.82) is 0 Å². The molecule has 0 radical (unpaired) electrons. The van der Waals surface area contributed by atoms with E-state index in [0.29, 0.717) is 5.92 Å². The fourth-order valence-electron chi connectivity index (χ4n) is 3.73. The van der Waals surface area contributed by atoms with Gasteiger partial charge in [-0.05, 0) is 50.4 Å². The maximum absolute atomic E-state index is 12.4. The lowest BCUT2D eigenvalue weighted by Gasteiger charge is -2.43. The molecule has 5 rings (SSSR count). The zero-order valence-electron chi connectivity index (χ0n) is 13.8. The molecule has 5 heteroatoms. The fourth-order valence-corrected chi connectivity index (χ4v) is 4.70. The second-order valence-corrected chi connectivity index (χ2v) is 7.93. The molecule has 1 atom stereocenters. The summed E-state index contributed by atoms with van der Waals surface area (Å²) in [6, 6.07) is 12.2. The van der Waals surface area contributed by atoms with E-state index < -0.39 is 0 Å². The summed E-state index contributed by atoms with van der Waals surface area (Å²) in [6.45, 7) is 5.23. The second kappa shape index (κ2) is 6.57. The average Bonchev–Trinajstić information content (AvgIpc) is 2.97. The number of hydrogen-bond donors (Lipinski definition) is 1. The van der Waals surface area contributed by atoms with Gasteiger partial charge in [0.15, 0.2) is 0 Å². The van der Waals surface area contributed by atoms with E-state index in [0.717, 1.165) is 48.6 Å². The molecule has 0 spiro atoms. The van der Waals surface area contributed by atoms with Crippen molar-refractivity contribution in [2.45, 2.75) is 25.9 Å². The summed E-state index contributed by atoms with van der Waals surface area (Å²) in [5, 5.41) is 2.97. The highest BCUT2D eigenvalue weighted by Gasteiger charge is 2.36. The summed E-state index contributed by atoms with van der Waals surface area (Å²) < 4.78 is 5.74. The highest BCUT2D eigenvalue weighted by molar-refractivity contribution is 7.16. The third-order valence-electron chi connectivity index (χ3n) is 4.98. The maximum Gasteiger partial charge on any atom is 0.411 e. The number of carbonyl (C=O) groups is 1. The van der Waals surface area contributed by atoms with Crippen LogP contribution in [-0.4, -0.2) is 36.7 Å². The molecule has 1 unspecified atom stereocenters. The smallest absolute Gasteiger partial charge is 0.411 e. The molecule has 1 N–H and O–H groups in total. The van der Waals surface area contributed by atoms with Crippen LogP contribution < -0.4 is 5.32 Å². The van der Waals surface area contributed by atoms with Crippen molar-refractivity contribution in [3.05, 3.63) is 41.3 Å². The number of anilines is 1. The van der Waals surface area contributed by atoms with E-state index in [1.54, 1.807) is 11.3 Å². The first-order chi connectivity index (χ1) is 11.7. The van der Waals surface area contributed by atoms with E-state index in [9.17, 15) is 4.79 Å². The number of rotatable bonds is 3. The maximum atomic E-state index is 12.4. The Morgan fingerprint density at radius 1 is 1.25 bits per heavy atom. The summed E-state index contributed by atoms with van der Waals surface area (Å²) in [6.07, 6.45) is 1.99. The van der Waals surface area contributed by atoms with E-state index >= 15 is 0 Å². The SMILES string of the molecule is Cc1cc(NC(=O)OC2CN3CCC2CC3)c(-c2ccccc2)s1. The number of carbonyl (C=O) groups excluding carboxylic acids is 1. The minimum Gasteiger partial charge on any atom is -0.444 e. The van der Waals surface area contributed by atoms with Crippen LogP contribution in [0.15, 0.2) is 36.4 Å². The lowest BCUT2D eigenvalue weighted by molar-refractivity contribution is -0.0289. The molecule has 2 bridgehead atoms. The first-order valence-electron chi connectivity index (χ1n) is 8.55. The third kappa shape index (κ3) is 3.19. The first-order valence-corrected chi connectivity index (χ1v) is 9.36. The van der Waals surface area contributed by atoms with Gasteiger partial charge in [0.25, 0.3) is 0 Å². The molecule has 3 fully saturated rings. The number of piperidine rings is 3. The van der Waals surface area contributed by atoms with Crippen molar-refractivity contribution in [2.24, 2.45) is 5.92 Å². The largest absolute Gasteiger partial charge is 0.444 e. The Labute approximate surface area is 146 Å².